The smallest absolute Gasteiger partial charge is 0.407 e. The van der Waals surface area contributed by atoms with Gasteiger partial charge in [-0.3, -0.25) is 9.59 Å². The van der Waals surface area contributed by atoms with E-state index < -0.39 is 29.6 Å². The number of fused-ring (bicyclic) bond motifs is 3. The SMILES string of the molecule is COCC(NC(=O)OCC1c2ccccc2-c2ccccc21)C(=O)NC1(CC(=O)O)CCCCC1. The van der Waals surface area contributed by atoms with E-state index >= 15 is 0 Å². The number of aliphatic carboxylic acids is 1. The standard InChI is InChI=1S/C27H32N2O6/c1-34-17-23(25(32)29-27(15-24(30)31)13-7-2-8-14-27)28-26(33)35-16-22-20-11-5-3-9-18(20)19-10-4-6-12-21(19)22/h3-6,9-12,22-23H,2,7-8,13-17H2,1H3,(H,28,33)(H,29,32)(H,30,31). The molecule has 0 heterocycles. The van der Waals surface area contributed by atoms with E-state index in [1.807, 2.05) is 36.4 Å². The lowest BCUT2D eigenvalue weighted by Crippen LogP contribution is -2.58. The van der Waals surface area contributed by atoms with Crippen LogP contribution in [-0.4, -0.2) is 55.0 Å². The molecule has 0 bridgehead atoms. The van der Waals surface area contributed by atoms with Crippen molar-refractivity contribution in [2.24, 2.45) is 0 Å². The van der Waals surface area contributed by atoms with Gasteiger partial charge in [0.05, 0.1) is 18.6 Å². The summed E-state index contributed by atoms with van der Waals surface area (Å²) in [4.78, 5) is 37.2. The summed E-state index contributed by atoms with van der Waals surface area (Å²) >= 11 is 0. The topological polar surface area (TPSA) is 114 Å². The molecule has 1 saturated carbocycles. The Morgan fingerprint density at radius 3 is 2.17 bits per heavy atom. The Morgan fingerprint density at radius 1 is 1.00 bits per heavy atom. The summed E-state index contributed by atoms with van der Waals surface area (Å²) in [5, 5.41) is 14.9. The van der Waals surface area contributed by atoms with Gasteiger partial charge in [-0.25, -0.2) is 4.79 Å². The maximum Gasteiger partial charge on any atom is 0.407 e. The number of nitrogens with one attached hydrogen (secondary N) is 2. The molecule has 8 heteroatoms. The van der Waals surface area contributed by atoms with Gasteiger partial charge < -0.3 is 25.2 Å². The summed E-state index contributed by atoms with van der Waals surface area (Å²) < 4.78 is 10.7. The molecule has 2 amide bonds. The number of hydrogen-bond acceptors (Lipinski definition) is 5. The van der Waals surface area contributed by atoms with Crippen molar-refractivity contribution in [1.29, 1.82) is 0 Å². The number of carboxylic acid groups (broad SMARTS) is 1. The molecule has 8 nitrogen and oxygen atoms in total. The van der Waals surface area contributed by atoms with E-state index in [-0.39, 0.29) is 25.6 Å². The Bertz CT molecular complexity index is 1030. The number of amides is 2. The van der Waals surface area contributed by atoms with Gasteiger partial charge in [0.25, 0.3) is 0 Å². The van der Waals surface area contributed by atoms with Crippen molar-refractivity contribution in [3.8, 4) is 11.1 Å². The van der Waals surface area contributed by atoms with E-state index in [1.165, 1.54) is 7.11 Å². The number of benzene rings is 2. The third-order valence-electron chi connectivity index (χ3n) is 6.97. The van der Waals surface area contributed by atoms with Gasteiger partial charge in [0.1, 0.15) is 12.6 Å². The number of ether oxygens (including phenoxy) is 2. The number of hydrogen-bond donors (Lipinski definition) is 3. The summed E-state index contributed by atoms with van der Waals surface area (Å²) in [6.07, 6.45) is 3.02. The van der Waals surface area contributed by atoms with Crippen LogP contribution in [0.5, 0.6) is 0 Å². The maximum absolute atomic E-state index is 13.1. The molecular weight excluding hydrogens is 448 g/mol. The lowest BCUT2D eigenvalue weighted by atomic mass is 9.79. The molecule has 1 unspecified atom stereocenters. The van der Waals surface area contributed by atoms with Gasteiger partial charge in [-0.2, -0.15) is 0 Å². The minimum absolute atomic E-state index is 0.0564. The van der Waals surface area contributed by atoms with Crippen LogP contribution in [0, 0.1) is 0 Å². The van der Waals surface area contributed by atoms with Gasteiger partial charge in [-0.05, 0) is 35.1 Å². The molecule has 0 aliphatic heterocycles. The Labute approximate surface area is 205 Å². The second-order valence-corrected chi connectivity index (χ2v) is 9.38. The molecule has 0 radical (unpaired) electrons. The summed E-state index contributed by atoms with van der Waals surface area (Å²) in [5.41, 5.74) is 3.65. The molecule has 0 spiro atoms. The number of methoxy groups -OCH3 is 1. The molecule has 2 aromatic carbocycles. The van der Waals surface area contributed by atoms with Gasteiger partial charge >= 0.3 is 12.1 Å². The molecule has 2 aromatic rings. The Kier molecular flexibility index (Phi) is 7.70. The van der Waals surface area contributed by atoms with Gasteiger partial charge in [-0.1, -0.05) is 67.8 Å². The third-order valence-corrected chi connectivity index (χ3v) is 6.97. The Balaban J connectivity index is 1.40. The lowest BCUT2D eigenvalue weighted by molar-refractivity contribution is -0.140. The number of carboxylic acids is 1. The van der Waals surface area contributed by atoms with Crippen molar-refractivity contribution < 1.29 is 29.0 Å². The fraction of sp³-hybridized carbons (Fsp3) is 0.444. The molecule has 0 saturated heterocycles. The van der Waals surface area contributed by atoms with E-state index in [1.54, 1.807) is 0 Å². The Morgan fingerprint density at radius 2 is 1.60 bits per heavy atom. The summed E-state index contributed by atoms with van der Waals surface area (Å²) in [6.45, 7) is 0.0727. The monoisotopic (exact) mass is 480 g/mol. The van der Waals surface area contributed by atoms with Crippen molar-refractivity contribution >= 4 is 18.0 Å². The summed E-state index contributed by atoms with van der Waals surface area (Å²) in [6, 6.07) is 15.1. The van der Waals surface area contributed by atoms with Crippen LogP contribution in [0.25, 0.3) is 11.1 Å². The predicted octanol–water partition coefficient (Wildman–Crippen LogP) is 3.83. The van der Waals surface area contributed by atoms with Crippen LogP contribution in [0.2, 0.25) is 0 Å². The molecule has 3 N–H and O–H groups in total. The van der Waals surface area contributed by atoms with E-state index in [4.69, 9.17) is 9.47 Å². The van der Waals surface area contributed by atoms with Crippen molar-refractivity contribution in [1.82, 2.24) is 10.6 Å². The number of carbonyl (C=O) groups is 3. The molecule has 2 aliphatic carbocycles. The van der Waals surface area contributed by atoms with Crippen LogP contribution in [-0.2, 0) is 19.1 Å². The van der Waals surface area contributed by atoms with Crippen LogP contribution in [0.3, 0.4) is 0 Å². The predicted molar refractivity (Wildman–Crippen MR) is 130 cm³/mol. The van der Waals surface area contributed by atoms with Crippen LogP contribution in [0.4, 0.5) is 4.79 Å². The summed E-state index contributed by atoms with van der Waals surface area (Å²) in [7, 11) is 1.44. The highest BCUT2D eigenvalue weighted by Crippen LogP contribution is 2.44. The summed E-state index contributed by atoms with van der Waals surface area (Å²) in [5.74, 6) is -1.52. The first-order valence-electron chi connectivity index (χ1n) is 12.1. The van der Waals surface area contributed by atoms with Crippen molar-refractivity contribution in [2.75, 3.05) is 20.3 Å². The van der Waals surface area contributed by atoms with Crippen LogP contribution in [0.15, 0.2) is 48.5 Å². The van der Waals surface area contributed by atoms with Crippen molar-refractivity contribution in [2.45, 2.75) is 56.0 Å². The second kappa shape index (κ2) is 10.9. The Hall–Kier alpha value is -3.39. The number of alkyl carbamates (subject to hydrolysis) is 1. The lowest BCUT2D eigenvalue weighted by Gasteiger charge is -2.38. The number of rotatable bonds is 9. The number of carbonyl (C=O) groups excluding carboxylic acids is 2. The maximum atomic E-state index is 13.1. The average molecular weight is 481 g/mol. The van der Waals surface area contributed by atoms with E-state index in [0.29, 0.717) is 12.8 Å². The van der Waals surface area contributed by atoms with Gasteiger partial charge in [0, 0.05) is 13.0 Å². The quantitative estimate of drug-likeness (QED) is 0.503. The molecule has 0 aromatic heterocycles. The zero-order chi connectivity index (χ0) is 24.8. The van der Waals surface area contributed by atoms with E-state index in [2.05, 4.69) is 22.8 Å². The third kappa shape index (κ3) is 5.65. The molecular formula is C27H32N2O6. The minimum atomic E-state index is -0.997. The molecule has 2 aliphatic rings. The average Bonchev–Trinajstić information content (AvgIpc) is 3.16. The van der Waals surface area contributed by atoms with Crippen LogP contribution < -0.4 is 10.6 Å². The highest BCUT2D eigenvalue weighted by Gasteiger charge is 2.38. The minimum Gasteiger partial charge on any atom is -0.481 e. The molecule has 4 rings (SSSR count). The molecule has 1 atom stereocenters. The van der Waals surface area contributed by atoms with Gasteiger partial charge in [-0.15, -0.1) is 0 Å². The highest BCUT2D eigenvalue weighted by atomic mass is 16.5. The zero-order valence-corrected chi connectivity index (χ0v) is 19.9. The molecule has 186 valence electrons. The first-order chi connectivity index (χ1) is 16.9. The van der Waals surface area contributed by atoms with E-state index in [9.17, 15) is 19.5 Å². The van der Waals surface area contributed by atoms with Crippen LogP contribution >= 0.6 is 0 Å². The van der Waals surface area contributed by atoms with E-state index in [0.717, 1.165) is 41.5 Å². The second-order valence-electron chi connectivity index (χ2n) is 9.38. The first kappa shape index (κ1) is 24.7. The first-order valence-corrected chi connectivity index (χ1v) is 12.1. The van der Waals surface area contributed by atoms with Gasteiger partial charge in [0.15, 0.2) is 0 Å². The van der Waals surface area contributed by atoms with Gasteiger partial charge in [0.2, 0.25) is 5.91 Å². The van der Waals surface area contributed by atoms with Crippen LogP contribution in [0.1, 0.15) is 55.6 Å². The normalized spacial score (nSPS) is 17.1. The fourth-order valence-electron chi connectivity index (χ4n) is 5.34. The molecule has 35 heavy (non-hydrogen) atoms. The fourth-order valence-corrected chi connectivity index (χ4v) is 5.34. The van der Waals surface area contributed by atoms with Crippen molar-refractivity contribution in [3.63, 3.8) is 0 Å². The van der Waals surface area contributed by atoms with Crippen molar-refractivity contribution in [3.05, 3.63) is 59.7 Å². The highest BCUT2D eigenvalue weighted by molar-refractivity contribution is 5.87. The largest absolute Gasteiger partial charge is 0.481 e. The molecule has 1 fully saturated rings. The zero-order valence-electron chi connectivity index (χ0n) is 19.9.